The predicted octanol–water partition coefficient (Wildman–Crippen LogP) is 5.01. The van der Waals surface area contributed by atoms with Crippen molar-refractivity contribution >= 4 is 15.9 Å². The molecule has 0 fully saturated rings. The average molecular weight is 349 g/mol. The van der Waals surface area contributed by atoms with E-state index >= 15 is 0 Å². The molecule has 0 amide bonds. The lowest BCUT2D eigenvalue weighted by Crippen LogP contribution is -2.20. The minimum absolute atomic E-state index is 0.206. The van der Waals surface area contributed by atoms with Crippen LogP contribution in [0.15, 0.2) is 41.0 Å². The van der Waals surface area contributed by atoms with Crippen LogP contribution in [0, 0.1) is 6.92 Å². The number of rotatable bonds is 6. The highest BCUT2D eigenvalue weighted by atomic mass is 79.9. The molecule has 0 bridgehead atoms. The van der Waals surface area contributed by atoms with Gasteiger partial charge in [-0.1, -0.05) is 19.1 Å². The Hall–Kier alpha value is -1.39. The summed E-state index contributed by atoms with van der Waals surface area (Å²) in [5, 5.41) is 3.47. The van der Waals surface area contributed by atoms with Crippen molar-refractivity contribution in [3.63, 3.8) is 0 Å². The molecular formula is C17H21BrN2O. The van der Waals surface area contributed by atoms with Gasteiger partial charge in [0.2, 0.25) is 5.88 Å². The molecule has 2 aromatic rings. The van der Waals surface area contributed by atoms with Gasteiger partial charge in [0, 0.05) is 17.8 Å². The van der Waals surface area contributed by atoms with Gasteiger partial charge in [-0.05, 0) is 66.5 Å². The fraction of sp³-hybridized carbons (Fsp3) is 0.353. The number of benzene rings is 1. The van der Waals surface area contributed by atoms with Gasteiger partial charge < -0.3 is 10.1 Å². The topological polar surface area (TPSA) is 34.2 Å². The van der Waals surface area contributed by atoms with Gasteiger partial charge >= 0.3 is 0 Å². The molecule has 2 rings (SSSR count). The standard InChI is InChI=1S/C17H21BrN2O/c1-4-9-19-13(3)14-6-5-10-20-17(14)21-16-8-7-12(2)11-15(16)18/h5-8,10-11,13,19H,4,9H2,1-3H3. The monoisotopic (exact) mass is 348 g/mol. The molecule has 21 heavy (non-hydrogen) atoms. The van der Waals surface area contributed by atoms with Crippen LogP contribution in [0.25, 0.3) is 0 Å². The average Bonchev–Trinajstić information content (AvgIpc) is 2.48. The third-order valence-corrected chi connectivity index (χ3v) is 3.88. The molecule has 1 unspecified atom stereocenters. The van der Waals surface area contributed by atoms with Gasteiger partial charge in [0.25, 0.3) is 0 Å². The third-order valence-electron chi connectivity index (χ3n) is 3.26. The first kappa shape index (κ1) is 16.0. The van der Waals surface area contributed by atoms with Gasteiger partial charge in [-0.2, -0.15) is 0 Å². The molecule has 4 heteroatoms. The minimum atomic E-state index is 0.206. The highest BCUT2D eigenvalue weighted by Gasteiger charge is 2.13. The van der Waals surface area contributed by atoms with Crippen molar-refractivity contribution in [2.75, 3.05) is 6.54 Å². The molecule has 0 radical (unpaired) electrons. The Bertz CT molecular complexity index is 601. The lowest BCUT2D eigenvalue weighted by atomic mass is 10.1. The maximum atomic E-state index is 6.00. The molecule has 1 heterocycles. The van der Waals surface area contributed by atoms with E-state index in [2.05, 4.69) is 53.1 Å². The van der Waals surface area contributed by atoms with Crippen LogP contribution in [0.3, 0.4) is 0 Å². The summed E-state index contributed by atoms with van der Waals surface area (Å²) in [7, 11) is 0. The molecule has 1 aromatic carbocycles. The van der Waals surface area contributed by atoms with E-state index in [0.717, 1.165) is 28.8 Å². The maximum Gasteiger partial charge on any atom is 0.224 e. The number of aryl methyl sites for hydroxylation is 1. The first-order valence-corrected chi connectivity index (χ1v) is 8.03. The van der Waals surface area contributed by atoms with Gasteiger partial charge in [-0.15, -0.1) is 0 Å². The summed E-state index contributed by atoms with van der Waals surface area (Å²) in [6.45, 7) is 7.31. The predicted molar refractivity (Wildman–Crippen MR) is 89.9 cm³/mol. The van der Waals surface area contributed by atoms with E-state index in [1.165, 1.54) is 5.56 Å². The van der Waals surface area contributed by atoms with Crippen molar-refractivity contribution < 1.29 is 4.74 Å². The Kier molecular flexibility index (Phi) is 5.76. The zero-order valence-corrected chi connectivity index (χ0v) is 14.3. The number of nitrogens with zero attached hydrogens (tertiary/aromatic N) is 1. The zero-order valence-electron chi connectivity index (χ0n) is 12.7. The molecule has 0 saturated heterocycles. The fourth-order valence-electron chi connectivity index (χ4n) is 2.08. The molecule has 3 nitrogen and oxygen atoms in total. The first-order chi connectivity index (χ1) is 10.1. The highest BCUT2D eigenvalue weighted by Crippen LogP contribution is 2.32. The van der Waals surface area contributed by atoms with Crippen LogP contribution in [0.5, 0.6) is 11.6 Å². The number of aromatic nitrogens is 1. The van der Waals surface area contributed by atoms with E-state index in [0.29, 0.717) is 5.88 Å². The summed E-state index contributed by atoms with van der Waals surface area (Å²) in [6, 6.07) is 10.2. The largest absolute Gasteiger partial charge is 0.437 e. The summed E-state index contributed by atoms with van der Waals surface area (Å²) in [4.78, 5) is 4.38. The Labute approximate surface area is 134 Å². The summed E-state index contributed by atoms with van der Waals surface area (Å²) in [5.41, 5.74) is 2.26. The molecule has 0 saturated carbocycles. The number of hydrogen-bond donors (Lipinski definition) is 1. The number of halogens is 1. The van der Waals surface area contributed by atoms with Crippen LogP contribution < -0.4 is 10.1 Å². The van der Waals surface area contributed by atoms with Crippen LogP contribution in [0.1, 0.15) is 37.4 Å². The Morgan fingerprint density at radius 3 is 2.86 bits per heavy atom. The van der Waals surface area contributed by atoms with E-state index in [9.17, 15) is 0 Å². The molecule has 112 valence electrons. The summed E-state index contributed by atoms with van der Waals surface area (Å²) in [5.74, 6) is 1.43. The van der Waals surface area contributed by atoms with Crippen molar-refractivity contribution in [1.82, 2.24) is 10.3 Å². The summed E-state index contributed by atoms with van der Waals surface area (Å²) in [6.07, 6.45) is 2.86. The van der Waals surface area contributed by atoms with E-state index in [1.807, 2.05) is 24.3 Å². The van der Waals surface area contributed by atoms with Crippen LogP contribution in [-0.2, 0) is 0 Å². The number of hydrogen-bond acceptors (Lipinski definition) is 3. The van der Waals surface area contributed by atoms with E-state index < -0.39 is 0 Å². The second-order valence-corrected chi connectivity index (χ2v) is 5.96. The second-order valence-electron chi connectivity index (χ2n) is 5.11. The highest BCUT2D eigenvalue weighted by molar-refractivity contribution is 9.10. The molecular weight excluding hydrogens is 328 g/mol. The molecule has 1 atom stereocenters. The van der Waals surface area contributed by atoms with E-state index in [1.54, 1.807) is 6.20 Å². The van der Waals surface area contributed by atoms with Crippen molar-refractivity contribution in [1.29, 1.82) is 0 Å². The van der Waals surface area contributed by atoms with Gasteiger partial charge in [0.15, 0.2) is 0 Å². The lowest BCUT2D eigenvalue weighted by molar-refractivity contribution is 0.440. The quantitative estimate of drug-likeness (QED) is 0.796. The van der Waals surface area contributed by atoms with E-state index in [4.69, 9.17) is 4.74 Å². The van der Waals surface area contributed by atoms with Gasteiger partial charge in [0.05, 0.1) is 4.47 Å². The maximum absolute atomic E-state index is 6.00. The van der Waals surface area contributed by atoms with Crippen LogP contribution in [-0.4, -0.2) is 11.5 Å². The number of ether oxygens (including phenoxy) is 1. The molecule has 1 N–H and O–H groups in total. The Morgan fingerprint density at radius 2 is 2.14 bits per heavy atom. The third kappa shape index (κ3) is 4.29. The van der Waals surface area contributed by atoms with Gasteiger partial charge in [-0.25, -0.2) is 4.98 Å². The van der Waals surface area contributed by atoms with E-state index in [-0.39, 0.29) is 6.04 Å². The van der Waals surface area contributed by atoms with Crippen molar-refractivity contribution in [2.45, 2.75) is 33.2 Å². The molecule has 0 spiro atoms. The zero-order chi connectivity index (χ0) is 15.2. The van der Waals surface area contributed by atoms with Crippen molar-refractivity contribution in [3.8, 4) is 11.6 Å². The van der Waals surface area contributed by atoms with Crippen LogP contribution in [0.2, 0.25) is 0 Å². The minimum Gasteiger partial charge on any atom is -0.437 e. The second kappa shape index (κ2) is 7.57. The Balaban J connectivity index is 2.23. The fourth-order valence-corrected chi connectivity index (χ4v) is 2.66. The molecule has 0 aliphatic rings. The number of nitrogens with one attached hydrogen (secondary N) is 1. The number of pyridine rings is 1. The summed E-state index contributed by atoms with van der Waals surface area (Å²) >= 11 is 3.54. The van der Waals surface area contributed by atoms with Gasteiger partial charge in [-0.3, -0.25) is 0 Å². The molecule has 0 aliphatic carbocycles. The summed E-state index contributed by atoms with van der Waals surface area (Å²) < 4.78 is 6.94. The normalized spacial score (nSPS) is 12.2. The Morgan fingerprint density at radius 1 is 1.33 bits per heavy atom. The van der Waals surface area contributed by atoms with Crippen LogP contribution >= 0.6 is 15.9 Å². The lowest BCUT2D eigenvalue weighted by Gasteiger charge is -2.17. The van der Waals surface area contributed by atoms with Crippen molar-refractivity contribution in [3.05, 3.63) is 52.1 Å². The van der Waals surface area contributed by atoms with Gasteiger partial charge in [0.1, 0.15) is 5.75 Å². The molecule has 0 aliphatic heterocycles. The SMILES string of the molecule is CCCNC(C)c1cccnc1Oc1ccc(C)cc1Br. The smallest absolute Gasteiger partial charge is 0.224 e. The van der Waals surface area contributed by atoms with Crippen LogP contribution in [0.4, 0.5) is 0 Å². The van der Waals surface area contributed by atoms with Crippen molar-refractivity contribution in [2.24, 2.45) is 0 Å². The first-order valence-electron chi connectivity index (χ1n) is 7.24. The molecule has 1 aromatic heterocycles.